The number of aryl methyl sites for hydroxylation is 2. The van der Waals surface area contributed by atoms with Gasteiger partial charge in [0.2, 0.25) is 5.88 Å². The molecule has 0 bridgehead atoms. The highest BCUT2D eigenvalue weighted by molar-refractivity contribution is 6.37. The molecule has 0 spiro atoms. The summed E-state index contributed by atoms with van der Waals surface area (Å²) in [5.74, 6) is -0.0730. The fraction of sp³-hybridized carbons (Fsp3) is 0.0909. The molecule has 0 amide bonds. The summed E-state index contributed by atoms with van der Waals surface area (Å²) in [4.78, 5) is 12.2. The molecule has 5 nitrogen and oxygen atoms in total. The molecule has 2 aromatic carbocycles. The molecule has 4 aromatic rings. The van der Waals surface area contributed by atoms with E-state index in [9.17, 15) is 9.18 Å². The van der Waals surface area contributed by atoms with Gasteiger partial charge in [-0.15, -0.1) is 5.10 Å². The number of benzene rings is 2. The highest BCUT2D eigenvalue weighted by atomic mass is 35.5. The first-order chi connectivity index (χ1) is 14.3. The molecule has 2 aromatic heterocycles. The quantitative estimate of drug-likeness (QED) is 0.395. The third-order valence-electron chi connectivity index (χ3n) is 4.57. The molecule has 0 fully saturated rings. The van der Waals surface area contributed by atoms with Gasteiger partial charge in [0.05, 0.1) is 15.7 Å². The first kappa shape index (κ1) is 20.2. The zero-order valence-electron chi connectivity index (χ0n) is 16.1. The Bertz CT molecular complexity index is 1250. The third kappa shape index (κ3) is 3.84. The van der Waals surface area contributed by atoms with Crippen LogP contribution in [0.25, 0.3) is 11.4 Å². The fourth-order valence-corrected chi connectivity index (χ4v) is 3.72. The monoisotopic (exact) mass is 443 g/mol. The smallest absolute Gasteiger partial charge is 0.271 e. The van der Waals surface area contributed by atoms with E-state index in [-0.39, 0.29) is 17.2 Å². The van der Waals surface area contributed by atoms with Crippen LogP contribution in [0.15, 0.2) is 65.5 Å². The van der Waals surface area contributed by atoms with Crippen LogP contribution in [0, 0.1) is 19.7 Å². The second-order valence-electron chi connectivity index (χ2n) is 6.69. The Morgan fingerprint density at radius 3 is 2.07 bits per heavy atom. The van der Waals surface area contributed by atoms with Gasteiger partial charge < -0.3 is 9.30 Å². The Morgan fingerprint density at radius 2 is 1.47 bits per heavy atom. The Kier molecular flexibility index (Phi) is 5.37. The number of rotatable bonds is 4. The molecule has 0 unspecified atom stereocenters. The highest BCUT2D eigenvalue weighted by Crippen LogP contribution is 2.38. The number of hydrogen-bond donors (Lipinski definition) is 0. The highest BCUT2D eigenvalue weighted by Gasteiger charge is 2.15. The second-order valence-corrected chi connectivity index (χ2v) is 7.50. The molecule has 0 aliphatic heterocycles. The van der Waals surface area contributed by atoms with Gasteiger partial charge in [-0.2, -0.15) is 4.68 Å². The van der Waals surface area contributed by atoms with Crippen LogP contribution >= 0.6 is 23.2 Å². The SMILES string of the molecule is Cc1ccc(C)n1-c1cc(Cl)c(Oc2ccc(=O)n(-c3ccc(F)cc3)n2)c(Cl)c1. The zero-order chi connectivity index (χ0) is 21.4. The van der Waals surface area contributed by atoms with Crippen LogP contribution in [0.2, 0.25) is 10.0 Å². The molecule has 0 saturated carbocycles. The molecule has 0 saturated heterocycles. The summed E-state index contributed by atoms with van der Waals surface area (Å²) in [7, 11) is 0. The lowest BCUT2D eigenvalue weighted by molar-refractivity contribution is 0.447. The summed E-state index contributed by atoms with van der Waals surface area (Å²) >= 11 is 12.9. The summed E-state index contributed by atoms with van der Waals surface area (Å²) in [6.07, 6.45) is 0. The molecule has 0 aliphatic rings. The van der Waals surface area contributed by atoms with Crippen molar-refractivity contribution in [1.82, 2.24) is 14.3 Å². The fourth-order valence-electron chi connectivity index (χ4n) is 3.17. The van der Waals surface area contributed by atoms with Gasteiger partial charge in [0.25, 0.3) is 5.56 Å². The maximum absolute atomic E-state index is 13.2. The summed E-state index contributed by atoms with van der Waals surface area (Å²) in [6.45, 7) is 3.98. The van der Waals surface area contributed by atoms with Gasteiger partial charge in [-0.3, -0.25) is 4.79 Å². The lowest BCUT2D eigenvalue weighted by Crippen LogP contribution is -2.20. The predicted octanol–water partition coefficient (Wildman–Crippen LogP) is 5.88. The second kappa shape index (κ2) is 7.97. The minimum absolute atomic E-state index is 0.115. The van der Waals surface area contributed by atoms with Gasteiger partial charge in [0.1, 0.15) is 5.82 Å². The lowest BCUT2D eigenvalue weighted by Gasteiger charge is -2.14. The maximum atomic E-state index is 13.2. The zero-order valence-corrected chi connectivity index (χ0v) is 17.6. The van der Waals surface area contributed by atoms with Crippen LogP contribution in [0.1, 0.15) is 11.4 Å². The Morgan fingerprint density at radius 1 is 0.867 bits per heavy atom. The number of aromatic nitrogens is 3. The number of ether oxygens (including phenoxy) is 1. The van der Waals surface area contributed by atoms with Crippen molar-refractivity contribution in [1.29, 1.82) is 0 Å². The van der Waals surface area contributed by atoms with Gasteiger partial charge in [-0.05, 0) is 62.4 Å². The Labute approximate surface area is 181 Å². The molecule has 4 rings (SSSR count). The van der Waals surface area contributed by atoms with E-state index in [1.165, 1.54) is 36.4 Å². The maximum Gasteiger partial charge on any atom is 0.271 e. The van der Waals surface area contributed by atoms with E-state index in [0.29, 0.717) is 15.7 Å². The molecular formula is C22H16Cl2FN3O2. The summed E-state index contributed by atoms with van der Waals surface area (Å²) in [5, 5.41) is 4.78. The van der Waals surface area contributed by atoms with Crippen molar-refractivity contribution in [3.8, 4) is 23.0 Å². The van der Waals surface area contributed by atoms with Crippen molar-refractivity contribution in [3.63, 3.8) is 0 Å². The van der Waals surface area contributed by atoms with Crippen molar-refractivity contribution in [3.05, 3.63) is 98.3 Å². The molecule has 30 heavy (non-hydrogen) atoms. The van der Waals surface area contributed by atoms with E-state index >= 15 is 0 Å². The van der Waals surface area contributed by atoms with Gasteiger partial charge in [-0.1, -0.05) is 23.2 Å². The van der Waals surface area contributed by atoms with E-state index in [2.05, 4.69) is 5.10 Å². The van der Waals surface area contributed by atoms with Crippen LogP contribution < -0.4 is 10.3 Å². The Hall–Kier alpha value is -3.09. The average Bonchev–Trinajstić information content (AvgIpc) is 3.05. The van der Waals surface area contributed by atoms with Crippen molar-refractivity contribution in [2.24, 2.45) is 0 Å². The van der Waals surface area contributed by atoms with Gasteiger partial charge in [0.15, 0.2) is 5.75 Å². The molecule has 0 radical (unpaired) electrons. The van der Waals surface area contributed by atoms with Crippen molar-refractivity contribution in [2.45, 2.75) is 13.8 Å². The van der Waals surface area contributed by atoms with E-state index in [1.807, 2.05) is 30.5 Å². The van der Waals surface area contributed by atoms with Gasteiger partial charge >= 0.3 is 0 Å². The molecule has 2 heterocycles. The van der Waals surface area contributed by atoms with E-state index in [1.54, 1.807) is 12.1 Å². The first-order valence-electron chi connectivity index (χ1n) is 9.02. The Balaban J connectivity index is 1.70. The average molecular weight is 444 g/mol. The van der Waals surface area contributed by atoms with Gasteiger partial charge in [-0.25, -0.2) is 4.39 Å². The largest absolute Gasteiger partial charge is 0.434 e. The topological polar surface area (TPSA) is 49.0 Å². The summed E-state index contributed by atoms with van der Waals surface area (Å²) < 4.78 is 22.1. The standard InChI is InChI=1S/C22H16Cl2FN3O2/c1-13-3-4-14(2)27(13)17-11-18(23)22(19(24)12-17)30-20-9-10-21(29)28(26-20)16-7-5-15(25)6-8-16/h3-12H,1-2H3. The predicted molar refractivity (Wildman–Crippen MR) is 115 cm³/mol. The minimum Gasteiger partial charge on any atom is -0.434 e. The molecule has 8 heteroatoms. The van der Waals surface area contributed by atoms with Crippen molar-refractivity contribution >= 4 is 23.2 Å². The van der Waals surface area contributed by atoms with E-state index in [0.717, 1.165) is 21.8 Å². The summed E-state index contributed by atoms with van der Waals surface area (Å²) in [6, 6.07) is 15.6. The number of nitrogens with zero attached hydrogens (tertiary/aromatic N) is 3. The first-order valence-corrected chi connectivity index (χ1v) is 9.77. The van der Waals surface area contributed by atoms with E-state index < -0.39 is 5.82 Å². The van der Waals surface area contributed by atoms with Crippen LogP contribution in [0.5, 0.6) is 11.6 Å². The van der Waals surface area contributed by atoms with Crippen molar-refractivity contribution < 1.29 is 9.13 Å². The molecule has 0 aliphatic carbocycles. The molecule has 152 valence electrons. The van der Waals surface area contributed by atoms with Crippen molar-refractivity contribution in [2.75, 3.05) is 0 Å². The van der Waals surface area contributed by atoms with E-state index in [4.69, 9.17) is 27.9 Å². The van der Waals surface area contributed by atoms with Crippen LogP contribution in [0.3, 0.4) is 0 Å². The van der Waals surface area contributed by atoms with Crippen LogP contribution in [0.4, 0.5) is 4.39 Å². The third-order valence-corrected chi connectivity index (χ3v) is 5.13. The number of hydrogen-bond acceptors (Lipinski definition) is 3. The normalized spacial score (nSPS) is 11.0. The lowest BCUT2D eigenvalue weighted by atomic mass is 10.2. The molecule has 0 atom stereocenters. The molecular weight excluding hydrogens is 428 g/mol. The minimum atomic E-state index is -0.411. The van der Waals surface area contributed by atoms with Crippen LogP contribution in [-0.4, -0.2) is 14.3 Å². The van der Waals surface area contributed by atoms with Crippen LogP contribution in [-0.2, 0) is 0 Å². The number of halogens is 3. The van der Waals surface area contributed by atoms with Gasteiger partial charge in [0, 0.05) is 29.2 Å². The summed E-state index contributed by atoms with van der Waals surface area (Å²) in [5.41, 5.74) is 2.90. The molecule has 0 N–H and O–H groups in total.